The van der Waals surface area contributed by atoms with E-state index >= 15 is 0 Å². The Morgan fingerprint density at radius 2 is 1.71 bits per heavy atom. The topological polar surface area (TPSA) is 86.8 Å². The number of halogens is 1. The lowest BCUT2D eigenvalue weighted by atomic mass is 10.1. The molecule has 2 aromatic carbocycles. The van der Waals surface area contributed by atoms with Crippen molar-refractivity contribution >= 4 is 39.1 Å². The summed E-state index contributed by atoms with van der Waals surface area (Å²) >= 11 is 6.39. The molecule has 9 heteroatoms. The van der Waals surface area contributed by atoms with E-state index in [2.05, 4.69) is 5.32 Å². The van der Waals surface area contributed by atoms with Crippen molar-refractivity contribution < 1.29 is 18.0 Å². The summed E-state index contributed by atoms with van der Waals surface area (Å²) in [6.45, 7) is 3.33. The highest BCUT2D eigenvalue weighted by atomic mass is 35.5. The number of nitrogens with one attached hydrogen (secondary N) is 1. The molecule has 0 aromatic heterocycles. The van der Waals surface area contributed by atoms with Crippen molar-refractivity contribution in [3.63, 3.8) is 0 Å². The Balaban J connectivity index is 1.94. The van der Waals surface area contributed by atoms with Crippen LogP contribution in [0.1, 0.15) is 50.2 Å². The summed E-state index contributed by atoms with van der Waals surface area (Å²) in [6, 6.07) is 13.5. The van der Waals surface area contributed by atoms with Crippen molar-refractivity contribution in [1.82, 2.24) is 10.2 Å². The number of nitrogens with zero attached hydrogens (tertiary/aromatic N) is 2. The molecular formula is C26H34ClN3O4S. The van der Waals surface area contributed by atoms with E-state index in [0.29, 0.717) is 22.7 Å². The number of carbonyl (C=O) groups is 2. The van der Waals surface area contributed by atoms with Gasteiger partial charge in [0.1, 0.15) is 12.6 Å². The van der Waals surface area contributed by atoms with E-state index in [1.165, 1.54) is 4.90 Å². The third-order valence-electron chi connectivity index (χ3n) is 6.45. The largest absolute Gasteiger partial charge is 0.352 e. The van der Waals surface area contributed by atoms with Gasteiger partial charge in [-0.3, -0.25) is 13.9 Å². The van der Waals surface area contributed by atoms with Crippen molar-refractivity contribution in [2.24, 2.45) is 0 Å². The van der Waals surface area contributed by atoms with Crippen LogP contribution in [0.15, 0.2) is 48.5 Å². The summed E-state index contributed by atoms with van der Waals surface area (Å²) in [5, 5.41) is 3.57. The fourth-order valence-corrected chi connectivity index (χ4v) is 5.64. The number of rotatable bonds is 10. The van der Waals surface area contributed by atoms with Crippen molar-refractivity contribution in [2.45, 2.75) is 64.6 Å². The number of para-hydroxylation sites is 1. The van der Waals surface area contributed by atoms with E-state index in [1.807, 2.05) is 19.1 Å². The number of carbonyl (C=O) groups excluding carboxylic acids is 2. The first-order valence-corrected chi connectivity index (χ1v) is 14.2. The average Bonchev–Trinajstić information content (AvgIpc) is 3.31. The van der Waals surface area contributed by atoms with Gasteiger partial charge in [0.15, 0.2) is 0 Å². The monoisotopic (exact) mass is 519 g/mol. The highest BCUT2D eigenvalue weighted by molar-refractivity contribution is 7.92. The van der Waals surface area contributed by atoms with Gasteiger partial charge in [0.25, 0.3) is 0 Å². The van der Waals surface area contributed by atoms with Crippen LogP contribution in [0.2, 0.25) is 5.02 Å². The standard InChI is InChI=1S/C26H34ClN3O4S/c1-4-23(26(32)28-21-13-7-8-14-21)29(17-20-12-6-9-15-22(20)27)25(31)18-30(35(3,33)34)24-16-10-5-11-19(24)2/h5-6,9-12,15-16,21,23H,4,7-8,13-14,17-18H2,1-3H3,(H,28,32)/t23-/m1/s1. The minimum atomic E-state index is -3.76. The molecule has 1 aliphatic rings. The Hall–Kier alpha value is -2.58. The van der Waals surface area contributed by atoms with Gasteiger partial charge in [0.05, 0.1) is 11.9 Å². The van der Waals surface area contributed by atoms with Gasteiger partial charge in [0.2, 0.25) is 21.8 Å². The predicted molar refractivity (Wildman–Crippen MR) is 140 cm³/mol. The smallest absolute Gasteiger partial charge is 0.244 e. The lowest BCUT2D eigenvalue weighted by Crippen LogP contribution is -2.53. The second-order valence-corrected chi connectivity index (χ2v) is 11.4. The van der Waals surface area contributed by atoms with E-state index in [1.54, 1.807) is 43.3 Å². The summed E-state index contributed by atoms with van der Waals surface area (Å²) in [5.74, 6) is -0.686. The van der Waals surface area contributed by atoms with Crippen LogP contribution in [0.5, 0.6) is 0 Å². The zero-order chi connectivity index (χ0) is 25.6. The molecule has 1 fully saturated rings. The van der Waals surface area contributed by atoms with Gasteiger partial charge in [-0.25, -0.2) is 8.42 Å². The lowest BCUT2D eigenvalue weighted by Gasteiger charge is -2.33. The minimum Gasteiger partial charge on any atom is -0.352 e. The van der Waals surface area contributed by atoms with Crippen molar-refractivity contribution in [3.8, 4) is 0 Å². The van der Waals surface area contributed by atoms with E-state index in [-0.39, 0.29) is 18.5 Å². The molecule has 0 heterocycles. The number of sulfonamides is 1. The summed E-state index contributed by atoms with van der Waals surface area (Å²) in [6.07, 6.45) is 5.46. The molecule has 35 heavy (non-hydrogen) atoms. The van der Waals surface area contributed by atoms with Crippen LogP contribution in [0, 0.1) is 6.92 Å². The molecule has 2 amide bonds. The maximum atomic E-state index is 13.7. The zero-order valence-electron chi connectivity index (χ0n) is 20.5. The van der Waals surface area contributed by atoms with Gasteiger partial charge in [-0.05, 0) is 49.4 Å². The molecule has 0 saturated heterocycles. The molecule has 190 valence electrons. The van der Waals surface area contributed by atoms with Crippen LogP contribution in [0.25, 0.3) is 0 Å². The summed E-state index contributed by atoms with van der Waals surface area (Å²) in [7, 11) is -3.76. The van der Waals surface area contributed by atoms with E-state index < -0.39 is 28.5 Å². The van der Waals surface area contributed by atoms with Crippen LogP contribution < -0.4 is 9.62 Å². The molecule has 0 spiro atoms. The Labute approximate surface area is 213 Å². The molecule has 0 aliphatic heterocycles. The van der Waals surface area contributed by atoms with Gasteiger partial charge in [-0.1, -0.05) is 67.8 Å². The maximum Gasteiger partial charge on any atom is 0.244 e. The molecule has 1 atom stereocenters. The molecule has 0 unspecified atom stereocenters. The molecule has 3 rings (SSSR count). The minimum absolute atomic E-state index is 0.0977. The van der Waals surface area contributed by atoms with E-state index in [0.717, 1.165) is 41.8 Å². The lowest BCUT2D eigenvalue weighted by molar-refractivity contribution is -0.140. The fraction of sp³-hybridized carbons (Fsp3) is 0.462. The van der Waals surface area contributed by atoms with Gasteiger partial charge in [0, 0.05) is 17.6 Å². The molecule has 1 N–H and O–H groups in total. The van der Waals surface area contributed by atoms with E-state index in [4.69, 9.17) is 11.6 Å². The Morgan fingerprint density at radius 1 is 1.09 bits per heavy atom. The van der Waals surface area contributed by atoms with Crippen LogP contribution in [-0.2, 0) is 26.2 Å². The highest BCUT2D eigenvalue weighted by Crippen LogP contribution is 2.25. The number of amides is 2. The summed E-state index contributed by atoms with van der Waals surface area (Å²) in [5.41, 5.74) is 1.86. The van der Waals surface area contributed by atoms with Gasteiger partial charge >= 0.3 is 0 Å². The maximum absolute atomic E-state index is 13.7. The first-order valence-electron chi connectivity index (χ1n) is 12.0. The molecule has 1 aliphatic carbocycles. The molecule has 0 bridgehead atoms. The Bertz CT molecular complexity index is 1150. The zero-order valence-corrected chi connectivity index (χ0v) is 22.1. The van der Waals surface area contributed by atoms with Gasteiger partial charge in [-0.15, -0.1) is 0 Å². The third-order valence-corrected chi connectivity index (χ3v) is 7.94. The summed E-state index contributed by atoms with van der Waals surface area (Å²) < 4.78 is 26.5. The molecule has 0 radical (unpaired) electrons. The number of anilines is 1. The molecule has 7 nitrogen and oxygen atoms in total. The average molecular weight is 520 g/mol. The van der Waals surface area contributed by atoms with Crippen molar-refractivity contribution in [2.75, 3.05) is 17.1 Å². The fourth-order valence-electron chi connectivity index (χ4n) is 4.54. The molecule has 2 aromatic rings. The third kappa shape index (κ3) is 6.98. The predicted octanol–water partition coefficient (Wildman–Crippen LogP) is 4.28. The van der Waals surface area contributed by atoms with E-state index in [9.17, 15) is 18.0 Å². The first kappa shape index (κ1) is 27.0. The number of hydrogen-bond donors (Lipinski definition) is 1. The van der Waals surface area contributed by atoms with Crippen LogP contribution in [-0.4, -0.2) is 50.0 Å². The van der Waals surface area contributed by atoms with Crippen LogP contribution in [0.4, 0.5) is 5.69 Å². The second kappa shape index (κ2) is 11.9. The van der Waals surface area contributed by atoms with Crippen LogP contribution >= 0.6 is 11.6 Å². The Kier molecular flexibility index (Phi) is 9.19. The number of benzene rings is 2. The number of aryl methyl sites for hydroxylation is 1. The first-order chi connectivity index (χ1) is 16.6. The van der Waals surface area contributed by atoms with Crippen molar-refractivity contribution in [1.29, 1.82) is 0 Å². The number of hydrogen-bond acceptors (Lipinski definition) is 4. The van der Waals surface area contributed by atoms with Gasteiger partial charge < -0.3 is 10.2 Å². The second-order valence-electron chi connectivity index (χ2n) is 9.08. The quantitative estimate of drug-likeness (QED) is 0.507. The molecular weight excluding hydrogens is 486 g/mol. The normalized spacial score (nSPS) is 15.0. The SMILES string of the molecule is CC[C@H](C(=O)NC1CCCC1)N(Cc1ccccc1Cl)C(=O)CN(c1ccccc1C)S(C)(=O)=O. The molecule has 1 saturated carbocycles. The highest BCUT2D eigenvalue weighted by Gasteiger charge is 2.33. The Morgan fingerprint density at radius 3 is 2.31 bits per heavy atom. The van der Waals surface area contributed by atoms with Crippen molar-refractivity contribution in [3.05, 3.63) is 64.7 Å². The van der Waals surface area contributed by atoms with Gasteiger partial charge in [-0.2, -0.15) is 0 Å². The van der Waals surface area contributed by atoms with Crippen LogP contribution in [0.3, 0.4) is 0 Å². The summed E-state index contributed by atoms with van der Waals surface area (Å²) in [4.78, 5) is 28.5.